The van der Waals surface area contributed by atoms with Gasteiger partial charge in [-0.2, -0.15) is 0 Å². The molecule has 4 rings (SSSR count). The van der Waals surface area contributed by atoms with Gasteiger partial charge in [0, 0.05) is 17.3 Å². The molecule has 29 heavy (non-hydrogen) atoms. The van der Waals surface area contributed by atoms with Crippen LogP contribution in [0.1, 0.15) is 16.8 Å². The molecule has 1 aromatic heterocycles. The van der Waals surface area contributed by atoms with E-state index < -0.39 is 15.9 Å². The number of amides is 3. The molecule has 0 aliphatic carbocycles. The number of urea groups is 1. The predicted octanol–water partition coefficient (Wildman–Crippen LogP) is 2.12. The van der Waals surface area contributed by atoms with Crippen LogP contribution in [0.5, 0.6) is 0 Å². The topological polar surface area (TPSA) is 133 Å². The van der Waals surface area contributed by atoms with Crippen LogP contribution in [0, 0.1) is 0 Å². The van der Waals surface area contributed by atoms with Gasteiger partial charge in [0.15, 0.2) is 9.84 Å². The van der Waals surface area contributed by atoms with E-state index in [0.717, 1.165) is 11.0 Å². The number of carbonyl (C=O) groups is 2. The molecule has 2 aromatic carbocycles. The van der Waals surface area contributed by atoms with Crippen LogP contribution in [0.4, 0.5) is 16.4 Å². The van der Waals surface area contributed by atoms with E-state index in [2.05, 4.69) is 25.9 Å². The molecular formula is C19H19N5O4S. The Morgan fingerprint density at radius 1 is 1.03 bits per heavy atom. The van der Waals surface area contributed by atoms with Gasteiger partial charge in [-0.3, -0.25) is 10.1 Å². The predicted molar refractivity (Wildman–Crippen MR) is 110 cm³/mol. The standard InChI is InChI=1S/C19H19N5O4S/c25-17(24-18-22-15-3-1-2-4-16(15)23-18)12-5-7-13(8-6-12)20-19(26)21-14-9-10-29(27,28)11-14/h1-8,14H,9-11H2,(H2,20,21,26)(H2,22,23,24,25)/t14-/m0/s1. The van der Waals surface area contributed by atoms with Crippen LogP contribution in [0.25, 0.3) is 11.0 Å². The van der Waals surface area contributed by atoms with E-state index in [-0.39, 0.29) is 23.5 Å². The maximum Gasteiger partial charge on any atom is 0.319 e. The van der Waals surface area contributed by atoms with Gasteiger partial charge in [-0.1, -0.05) is 12.1 Å². The minimum Gasteiger partial charge on any atom is -0.334 e. The minimum atomic E-state index is -3.06. The molecule has 1 saturated heterocycles. The zero-order chi connectivity index (χ0) is 20.4. The summed E-state index contributed by atoms with van der Waals surface area (Å²) in [6.07, 6.45) is 0.413. The zero-order valence-electron chi connectivity index (χ0n) is 15.3. The van der Waals surface area contributed by atoms with Crippen molar-refractivity contribution < 1.29 is 18.0 Å². The molecule has 150 valence electrons. The van der Waals surface area contributed by atoms with E-state index >= 15 is 0 Å². The smallest absolute Gasteiger partial charge is 0.319 e. The number of benzene rings is 2. The van der Waals surface area contributed by atoms with E-state index in [9.17, 15) is 18.0 Å². The molecule has 3 amide bonds. The third-order valence-electron chi connectivity index (χ3n) is 4.59. The molecule has 0 spiro atoms. The Bertz CT molecular complexity index is 1140. The molecule has 4 N–H and O–H groups in total. The number of rotatable bonds is 4. The second kappa shape index (κ2) is 7.55. The van der Waals surface area contributed by atoms with Gasteiger partial charge in [0.1, 0.15) is 0 Å². The highest BCUT2D eigenvalue weighted by Crippen LogP contribution is 2.16. The largest absolute Gasteiger partial charge is 0.334 e. The fourth-order valence-electron chi connectivity index (χ4n) is 3.16. The molecule has 10 heteroatoms. The maximum absolute atomic E-state index is 12.4. The van der Waals surface area contributed by atoms with Gasteiger partial charge in [-0.25, -0.2) is 18.2 Å². The molecular weight excluding hydrogens is 394 g/mol. The number of H-pyrrole nitrogens is 1. The molecule has 0 saturated carbocycles. The molecule has 1 atom stereocenters. The van der Waals surface area contributed by atoms with Gasteiger partial charge in [0.2, 0.25) is 5.95 Å². The summed E-state index contributed by atoms with van der Waals surface area (Å²) in [7, 11) is -3.06. The van der Waals surface area contributed by atoms with Crippen molar-refractivity contribution in [1.29, 1.82) is 0 Å². The Labute approximate surface area is 166 Å². The lowest BCUT2D eigenvalue weighted by Crippen LogP contribution is -2.38. The van der Waals surface area contributed by atoms with Crippen LogP contribution in [0.15, 0.2) is 48.5 Å². The Hall–Kier alpha value is -3.40. The average Bonchev–Trinajstić information content (AvgIpc) is 3.23. The first-order valence-electron chi connectivity index (χ1n) is 9.02. The lowest BCUT2D eigenvalue weighted by atomic mass is 10.2. The van der Waals surface area contributed by atoms with E-state index in [4.69, 9.17) is 0 Å². The first-order valence-corrected chi connectivity index (χ1v) is 10.8. The molecule has 3 aromatic rings. The van der Waals surface area contributed by atoms with Crippen molar-refractivity contribution in [2.24, 2.45) is 0 Å². The van der Waals surface area contributed by atoms with Gasteiger partial charge in [0.25, 0.3) is 5.91 Å². The molecule has 0 radical (unpaired) electrons. The summed E-state index contributed by atoms with van der Waals surface area (Å²) in [6, 6.07) is 12.9. The van der Waals surface area contributed by atoms with Gasteiger partial charge in [0.05, 0.1) is 22.5 Å². The van der Waals surface area contributed by atoms with Crippen LogP contribution >= 0.6 is 0 Å². The molecule has 9 nitrogen and oxygen atoms in total. The second-order valence-corrected chi connectivity index (χ2v) is 9.06. The summed E-state index contributed by atoms with van der Waals surface area (Å²) in [4.78, 5) is 31.7. The van der Waals surface area contributed by atoms with Crippen molar-refractivity contribution >= 4 is 44.4 Å². The van der Waals surface area contributed by atoms with Crippen LogP contribution in [0.2, 0.25) is 0 Å². The van der Waals surface area contributed by atoms with Crippen molar-refractivity contribution in [1.82, 2.24) is 15.3 Å². The number of fused-ring (bicyclic) bond motifs is 1. The number of imidazole rings is 1. The van der Waals surface area contributed by atoms with E-state index in [1.165, 1.54) is 0 Å². The monoisotopic (exact) mass is 413 g/mol. The molecule has 1 fully saturated rings. The molecule has 2 heterocycles. The molecule has 1 aliphatic heterocycles. The second-order valence-electron chi connectivity index (χ2n) is 6.83. The number of sulfone groups is 1. The van der Waals surface area contributed by atoms with Gasteiger partial charge < -0.3 is 15.6 Å². The van der Waals surface area contributed by atoms with Crippen LogP contribution in [-0.2, 0) is 9.84 Å². The Balaban J connectivity index is 1.34. The van der Waals surface area contributed by atoms with Gasteiger partial charge in [-0.15, -0.1) is 0 Å². The quantitative estimate of drug-likeness (QED) is 0.520. The lowest BCUT2D eigenvalue weighted by Gasteiger charge is -2.12. The first-order chi connectivity index (χ1) is 13.9. The van der Waals surface area contributed by atoms with Crippen molar-refractivity contribution in [3.63, 3.8) is 0 Å². The van der Waals surface area contributed by atoms with Gasteiger partial charge >= 0.3 is 6.03 Å². The molecule has 1 aliphatic rings. The fraction of sp³-hybridized carbons (Fsp3) is 0.211. The third-order valence-corrected chi connectivity index (χ3v) is 6.36. The van der Waals surface area contributed by atoms with Crippen molar-refractivity contribution in [2.45, 2.75) is 12.5 Å². The summed E-state index contributed by atoms with van der Waals surface area (Å²) < 4.78 is 22.9. The number of nitrogens with one attached hydrogen (secondary N) is 4. The molecule has 0 unspecified atom stereocenters. The third kappa shape index (κ3) is 4.54. The number of anilines is 2. The van der Waals surface area contributed by atoms with Crippen LogP contribution < -0.4 is 16.0 Å². The van der Waals surface area contributed by atoms with Crippen LogP contribution in [0.3, 0.4) is 0 Å². The average molecular weight is 413 g/mol. The van der Waals surface area contributed by atoms with Crippen LogP contribution in [-0.4, -0.2) is 47.9 Å². The van der Waals surface area contributed by atoms with Gasteiger partial charge in [-0.05, 0) is 42.8 Å². The summed E-state index contributed by atoms with van der Waals surface area (Å²) >= 11 is 0. The highest BCUT2D eigenvalue weighted by Gasteiger charge is 2.28. The number of aromatic amines is 1. The maximum atomic E-state index is 12.4. The normalized spacial score (nSPS) is 17.7. The first kappa shape index (κ1) is 18.9. The Morgan fingerprint density at radius 2 is 1.79 bits per heavy atom. The number of hydrogen-bond acceptors (Lipinski definition) is 5. The number of carbonyl (C=O) groups excluding carboxylic acids is 2. The summed E-state index contributed by atoms with van der Waals surface area (Å²) in [5, 5.41) is 7.98. The SMILES string of the molecule is O=C(Nc1ccc(C(=O)Nc2nc3ccccc3[nH]2)cc1)N[C@H]1CCS(=O)(=O)C1. The fourth-order valence-corrected chi connectivity index (χ4v) is 4.83. The van der Waals surface area contributed by atoms with E-state index in [1.54, 1.807) is 24.3 Å². The lowest BCUT2D eigenvalue weighted by molar-refractivity contribution is 0.102. The Kier molecular flexibility index (Phi) is 4.93. The van der Waals surface area contributed by atoms with E-state index in [1.807, 2.05) is 24.3 Å². The highest BCUT2D eigenvalue weighted by molar-refractivity contribution is 7.91. The summed E-state index contributed by atoms with van der Waals surface area (Å²) in [5.41, 5.74) is 2.47. The number of nitrogens with zero attached hydrogens (tertiary/aromatic N) is 1. The van der Waals surface area contributed by atoms with Crippen molar-refractivity contribution in [2.75, 3.05) is 22.1 Å². The van der Waals surface area contributed by atoms with Crippen molar-refractivity contribution in [3.8, 4) is 0 Å². The minimum absolute atomic E-state index is 0.0404. The number of aromatic nitrogens is 2. The zero-order valence-corrected chi connectivity index (χ0v) is 16.1. The summed E-state index contributed by atoms with van der Waals surface area (Å²) in [6.45, 7) is 0. The Morgan fingerprint density at radius 3 is 2.48 bits per heavy atom. The van der Waals surface area contributed by atoms with Crippen molar-refractivity contribution in [3.05, 3.63) is 54.1 Å². The highest BCUT2D eigenvalue weighted by atomic mass is 32.2. The molecule has 0 bridgehead atoms. The van der Waals surface area contributed by atoms with E-state index in [0.29, 0.717) is 23.6 Å². The number of hydrogen-bond donors (Lipinski definition) is 4. The number of para-hydroxylation sites is 2. The summed E-state index contributed by atoms with van der Waals surface area (Å²) in [5.74, 6) is 0.0643.